The van der Waals surface area contributed by atoms with Crippen molar-refractivity contribution in [2.75, 3.05) is 14.1 Å². The van der Waals surface area contributed by atoms with Crippen LogP contribution in [0, 0.1) is 0 Å². The fourth-order valence-corrected chi connectivity index (χ4v) is 0.984. The van der Waals surface area contributed by atoms with E-state index < -0.39 is 6.29 Å². The minimum atomic E-state index is -0.487. The number of nitrogens with one attached hydrogen (secondary N) is 1. The zero-order valence-corrected chi connectivity index (χ0v) is 7.63. The third-order valence-electron chi connectivity index (χ3n) is 1.45. The van der Waals surface area contributed by atoms with Crippen molar-refractivity contribution in [3.63, 3.8) is 0 Å². The molecule has 2 atom stereocenters. The van der Waals surface area contributed by atoms with Crippen molar-refractivity contribution in [1.29, 1.82) is 0 Å². The molecule has 0 radical (unpaired) electrons. The molecule has 1 fully saturated rings. The Morgan fingerprint density at radius 1 is 1.36 bits per heavy atom. The summed E-state index contributed by atoms with van der Waals surface area (Å²) in [6, 6.07) is 0. The van der Waals surface area contributed by atoms with Gasteiger partial charge in [-0.15, -0.1) is 0 Å². The average Bonchev–Trinajstić information content (AvgIpc) is 1.88. The van der Waals surface area contributed by atoms with Crippen LogP contribution in [0.15, 0.2) is 0 Å². The Bertz CT molecular complexity index is 80.2. The average molecular weight is 161 g/mol. The largest absolute Gasteiger partial charge is 0.368 e. The molecule has 0 aromatic heterocycles. The minimum Gasteiger partial charge on any atom is -0.368 e. The quantitative estimate of drug-likeness (QED) is 0.550. The first-order valence-corrected chi connectivity index (χ1v) is 4.12. The Kier molecular flexibility index (Phi) is 6.51. The maximum atomic E-state index is 8.86. The zero-order valence-electron chi connectivity index (χ0n) is 7.63. The molecule has 3 heteroatoms. The highest BCUT2D eigenvalue weighted by atomic mass is 16.6. The van der Waals surface area contributed by atoms with Crippen molar-refractivity contribution in [3.05, 3.63) is 0 Å². The number of hydrogen-bond acceptors (Lipinski definition) is 3. The van der Waals surface area contributed by atoms with E-state index in [-0.39, 0.29) is 6.10 Å². The molecule has 0 saturated carbocycles. The standard InChI is InChI=1S/C6H12O2.C2H7N/c1-5-3-2-4-6(7)8-5;1-3-2/h5-7H,2-4H2,1H3;3H,1-2H3. The molecule has 0 aliphatic carbocycles. The SMILES string of the molecule is CC1CCCC(O)O1.CNC. The molecule has 11 heavy (non-hydrogen) atoms. The van der Waals surface area contributed by atoms with E-state index in [0.717, 1.165) is 19.3 Å². The molecule has 0 aromatic rings. The Morgan fingerprint density at radius 2 is 1.91 bits per heavy atom. The molecule has 0 amide bonds. The van der Waals surface area contributed by atoms with E-state index in [0.29, 0.717) is 0 Å². The Morgan fingerprint density at radius 3 is 2.18 bits per heavy atom. The normalized spacial score (nSPS) is 30.5. The number of hydrogen-bond donors (Lipinski definition) is 2. The zero-order chi connectivity index (χ0) is 8.69. The molecule has 2 N–H and O–H groups in total. The van der Waals surface area contributed by atoms with Crippen LogP contribution in [-0.4, -0.2) is 31.6 Å². The third kappa shape index (κ3) is 6.28. The van der Waals surface area contributed by atoms with Crippen LogP contribution in [0.4, 0.5) is 0 Å². The Hall–Kier alpha value is -0.120. The number of aliphatic hydroxyl groups excluding tert-OH is 1. The molecular formula is C8H19NO2. The maximum absolute atomic E-state index is 8.86. The van der Waals surface area contributed by atoms with E-state index in [2.05, 4.69) is 5.32 Å². The molecular weight excluding hydrogens is 142 g/mol. The fraction of sp³-hybridized carbons (Fsp3) is 1.00. The lowest BCUT2D eigenvalue weighted by atomic mass is 10.1. The van der Waals surface area contributed by atoms with E-state index >= 15 is 0 Å². The lowest BCUT2D eigenvalue weighted by Gasteiger charge is -2.23. The summed E-state index contributed by atoms with van der Waals surface area (Å²) in [6.07, 6.45) is 2.78. The van der Waals surface area contributed by atoms with Gasteiger partial charge in [-0.2, -0.15) is 0 Å². The van der Waals surface area contributed by atoms with Crippen LogP contribution in [0.1, 0.15) is 26.2 Å². The molecule has 0 bridgehead atoms. The molecule has 0 aromatic carbocycles. The summed E-state index contributed by atoms with van der Waals surface area (Å²) >= 11 is 0. The molecule has 68 valence electrons. The summed E-state index contributed by atoms with van der Waals surface area (Å²) in [6.45, 7) is 1.99. The first kappa shape index (κ1) is 10.9. The second-order valence-electron chi connectivity index (χ2n) is 2.83. The van der Waals surface area contributed by atoms with E-state index in [9.17, 15) is 0 Å². The molecule has 1 saturated heterocycles. The van der Waals surface area contributed by atoms with Crippen LogP contribution >= 0.6 is 0 Å². The summed E-state index contributed by atoms with van der Waals surface area (Å²) < 4.78 is 5.04. The van der Waals surface area contributed by atoms with Crippen LogP contribution in [0.5, 0.6) is 0 Å². The van der Waals surface area contributed by atoms with Crippen LogP contribution < -0.4 is 5.32 Å². The second-order valence-corrected chi connectivity index (χ2v) is 2.83. The van der Waals surface area contributed by atoms with Gasteiger partial charge in [-0.05, 0) is 40.3 Å². The van der Waals surface area contributed by atoms with Crippen molar-refractivity contribution in [2.24, 2.45) is 0 Å². The first-order chi connectivity index (χ1) is 5.20. The maximum Gasteiger partial charge on any atom is 0.154 e. The summed E-state index contributed by atoms with van der Waals surface area (Å²) in [5, 5.41) is 11.6. The molecule has 1 aliphatic rings. The fourth-order valence-electron chi connectivity index (χ4n) is 0.984. The highest BCUT2D eigenvalue weighted by Crippen LogP contribution is 2.15. The van der Waals surface area contributed by atoms with Gasteiger partial charge in [-0.25, -0.2) is 0 Å². The van der Waals surface area contributed by atoms with Crippen LogP contribution in [0.3, 0.4) is 0 Å². The van der Waals surface area contributed by atoms with Crippen molar-refractivity contribution < 1.29 is 9.84 Å². The van der Waals surface area contributed by atoms with Crippen molar-refractivity contribution in [1.82, 2.24) is 5.32 Å². The van der Waals surface area contributed by atoms with Crippen LogP contribution in [0.25, 0.3) is 0 Å². The third-order valence-corrected chi connectivity index (χ3v) is 1.45. The van der Waals surface area contributed by atoms with E-state index in [1.807, 2.05) is 21.0 Å². The van der Waals surface area contributed by atoms with Gasteiger partial charge >= 0.3 is 0 Å². The van der Waals surface area contributed by atoms with Crippen LogP contribution in [-0.2, 0) is 4.74 Å². The molecule has 2 unspecified atom stereocenters. The van der Waals surface area contributed by atoms with E-state index in [1.54, 1.807) is 0 Å². The molecule has 3 nitrogen and oxygen atoms in total. The van der Waals surface area contributed by atoms with Gasteiger partial charge < -0.3 is 15.2 Å². The Labute approximate surface area is 68.8 Å². The van der Waals surface area contributed by atoms with E-state index in [1.165, 1.54) is 0 Å². The van der Waals surface area contributed by atoms with Gasteiger partial charge in [0.05, 0.1) is 6.10 Å². The monoisotopic (exact) mass is 161 g/mol. The molecule has 0 spiro atoms. The topological polar surface area (TPSA) is 41.5 Å². The van der Waals surface area contributed by atoms with Gasteiger partial charge in [0.1, 0.15) is 0 Å². The summed E-state index contributed by atoms with van der Waals surface area (Å²) in [5.41, 5.74) is 0. The van der Waals surface area contributed by atoms with Crippen LogP contribution in [0.2, 0.25) is 0 Å². The highest BCUT2D eigenvalue weighted by molar-refractivity contribution is 4.59. The lowest BCUT2D eigenvalue weighted by molar-refractivity contribution is -0.156. The van der Waals surface area contributed by atoms with Gasteiger partial charge in [0, 0.05) is 0 Å². The van der Waals surface area contributed by atoms with Gasteiger partial charge in [0.15, 0.2) is 6.29 Å². The van der Waals surface area contributed by atoms with Gasteiger partial charge in [0.25, 0.3) is 0 Å². The molecule has 1 heterocycles. The van der Waals surface area contributed by atoms with Gasteiger partial charge in [-0.3, -0.25) is 0 Å². The van der Waals surface area contributed by atoms with Crippen molar-refractivity contribution >= 4 is 0 Å². The number of aliphatic hydroxyl groups is 1. The summed E-state index contributed by atoms with van der Waals surface area (Å²) in [4.78, 5) is 0. The molecule has 1 rings (SSSR count). The second kappa shape index (κ2) is 6.58. The first-order valence-electron chi connectivity index (χ1n) is 4.12. The summed E-state index contributed by atoms with van der Waals surface area (Å²) in [5.74, 6) is 0. The summed E-state index contributed by atoms with van der Waals surface area (Å²) in [7, 11) is 3.75. The smallest absolute Gasteiger partial charge is 0.154 e. The van der Waals surface area contributed by atoms with E-state index in [4.69, 9.17) is 9.84 Å². The molecule has 1 aliphatic heterocycles. The Balaban J connectivity index is 0.000000292. The number of rotatable bonds is 0. The minimum absolute atomic E-state index is 0.263. The number of ether oxygens (including phenoxy) is 1. The van der Waals surface area contributed by atoms with Gasteiger partial charge in [-0.1, -0.05) is 0 Å². The lowest BCUT2D eigenvalue weighted by Crippen LogP contribution is -2.24. The predicted molar refractivity (Wildman–Crippen MR) is 45.4 cm³/mol. The van der Waals surface area contributed by atoms with Crippen molar-refractivity contribution in [3.8, 4) is 0 Å². The van der Waals surface area contributed by atoms with Crippen molar-refractivity contribution in [2.45, 2.75) is 38.6 Å². The highest BCUT2D eigenvalue weighted by Gasteiger charge is 2.15. The predicted octanol–water partition coefficient (Wildman–Crippen LogP) is 0.729. The van der Waals surface area contributed by atoms with Gasteiger partial charge in [0.2, 0.25) is 0 Å².